The predicted molar refractivity (Wildman–Crippen MR) is 114 cm³/mol. The van der Waals surface area contributed by atoms with Gasteiger partial charge in [-0.25, -0.2) is 9.18 Å². The van der Waals surface area contributed by atoms with Crippen molar-refractivity contribution in [3.05, 3.63) is 82.2 Å². The molecule has 2 aromatic rings. The quantitative estimate of drug-likeness (QED) is 0.650. The summed E-state index contributed by atoms with van der Waals surface area (Å²) in [6.07, 6.45) is 0. The minimum Gasteiger partial charge on any atom is -0.493 e. The average Bonchev–Trinajstić information content (AvgIpc) is 2.78. The van der Waals surface area contributed by atoms with Gasteiger partial charge in [0.25, 0.3) is 0 Å². The van der Waals surface area contributed by atoms with Crippen molar-refractivity contribution in [2.24, 2.45) is 5.73 Å². The Morgan fingerprint density at radius 1 is 1.25 bits per heavy atom. The van der Waals surface area contributed by atoms with E-state index in [9.17, 15) is 14.4 Å². The summed E-state index contributed by atoms with van der Waals surface area (Å²) in [4.78, 5) is 12.6. The molecule has 0 amide bonds. The molecule has 0 bridgehead atoms. The number of hydrogen-bond donors (Lipinski definition) is 1. The topological polar surface area (TPSA) is 104 Å². The summed E-state index contributed by atoms with van der Waals surface area (Å²) in [5, 5.41) is 9.69. The molecule has 32 heavy (non-hydrogen) atoms. The molecule has 1 unspecified atom stereocenters. The second-order valence-corrected chi connectivity index (χ2v) is 6.91. The van der Waals surface area contributed by atoms with Crippen molar-refractivity contribution in [1.82, 2.24) is 0 Å². The van der Waals surface area contributed by atoms with Gasteiger partial charge in [0.2, 0.25) is 5.88 Å². The van der Waals surface area contributed by atoms with Gasteiger partial charge < -0.3 is 24.7 Å². The normalized spacial score (nSPS) is 15.7. The van der Waals surface area contributed by atoms with Crippen LogP contribution < -0.4 is 15.2 Å². The van der Waals surface area contributed by atoms with Crippen LogP contribution in [0.15, 0.2) is 65.3 Å². The van der Waals surface area contributed by atoms with Gasteiger partial charge in [0.1, 0.15) is 29.8 Å². The smallest absolute Gasteiger partial charge is 0.338 e. The molecule has 2 aromatic carbocycles. The van der Waals surface area contributed by atoms with Crippen LogP contribution in [0.1, 0.15) is 30.9 Å². The van der Waals surface area contributed by atoms with E-state index in [1.807, 2.05) is 6.07 Å². The van der Waals surface area contributed by atoms with Crippen molar-refractivity contribution in [3.8, 4) is 17.6 Å². The van der Waals surface area contributed by atoms with Crippen molar-refractivity contribution in [1.29, 1.82) is 5.26 Å². The van der Waals surface area contributed by atoms with Gasteiger partial charge in [-0.05, 0) is 37.6 Å². The van der Waals surface area contributed by atoms with Crippen LogP contribution >= 0.6 is 0 Å². The van der Waals surface area contributed by atoms with E-state index in [4.69, 9.17) is 24.7 Å². The van der Waals surface area contributed by atoms with Gasteiger partial charge in [-0.15, -0.1) is 0 Å². The van der Waals surface area contributed by atoms with Gasteiger partial charge in [0, 0.05) is 5.56 Å². The van der Waals surface area contributed by atoms with Crippen molar-refractivity contribution < 1.29 is 28.1 Å². The molecule has 1 aliphatic heterocycles. The first kappa shape index (κ1) is 22.7. The third-order valence-corrected chi connectivity index (χ3v) is 4.96. The molecule has 0 spiro atoms. The number of hydrogen-bond acceptors (Lipinski definition) is 7. The molecule has 0 saturated carbocycles. The lowest BCUT2D eigenvalue weighted by molar-refractivity contribution is -0.139. The Morgan fingerprint density at radius 2 is 2.00 bits per heavy atom. The van der Waals surface area contributed by atoms with Crippen molar-refractivity contribution in [2.75, 3.05) is 13.7 Å². The Bertz CT molecular complexity index is 1130. The number of halogens is 1. The van der Waals surface area contributed by atoms with Gasteiger partial charge >= 0.3 is 5.97 Å². The highest BCUT2D eigenvalue weighted by Gasteiger charge is 2.36. The summed E-state index contributed by atoms with van der Waals surface area (Å²) in [5.41, 5.74) is 7.15. The first-order valence-corrected chi connectivity index (χ1v) is 9.90. The third-order valence-electron chi connectivity index (χ3n) is 4.96. The van der Waals surface area contributed by atoms with E-state index >= 15 is 0 Å². The highest BCUT2D eigenvalue weighted by molar-refractivity contribution is 5.92. The summed E-state index contributed by atoms with van der Waals surface area (Å²) in [7, 11) is 1.46. The fraction of sp³-hybridized carbons (Fsp3) is 0.250. The van der Waals surface area contributed by atoms with Crippen molar-refractivity contribution >= 4 is 5.97 Å². The zero-order valence-electron chi connectivity index (χ0n) is 18.0. The fourth-order valence-corrected chi connectivity index (χ4v) is 3.44. The zero-order chi connectivity index (χ0) is 23.3. The van der Waals surface area contributed by atoms with Gasteiger partial charge in [-0.1, -0.05) is 24.3 Å². The Balaban J connectivity index is 1.99. The SMILES string of the molecule is CCOC(=O)C1=C(C)OC(N)=C(C#N)C1c1ccc(OCc2ccccc2F)c(OC)c1. The van der Waals surface area contributed by atoms with Gasteiger partial charge in [-0.3, -0.25) is 0 Å². The zero-order valence-corrected chi connectivity index (χ0v) is 18.0. The average molecular weight is 438 g/mol. The molecule has 3 rings (SSSR count). The molecule has 0 aromatic heterocycles. The summed E-state index contributed by atoms with van der Waals surface area (Å²) < 4.78 is 35.7. The second-order valence-electron chi connectivity index (χ2n) is 6.91. The molecule has 2 N–H and O–H groups in total. The van der Waals surface area contributed by atoms with Crippen LogP contribution in [0.4, 0.5) is 4.39 Å². The monoisotopic (exact) mass is 438 g/mol. The lowest BCUT2D eigenvalue weighted by atomic mass is 9.83. The molecule has 1 heterocycles. The number of esters is 1. The van der Waals surface area contributed by atoms with E-state index in [0.717, 1.165) is 0 Å². The third kappa shape index (κ3) is 4.52. The van der Waals surface area contributed by atoms with Crippen molar-refractivity contribution in [2.45, 2.75) is 26.4 Å². The number of ether oxygens (including phenoxy) is 4. The molecule has 7 nitrogen and oxygen atoms in total. The number of methoxy groups -OCH3 is 1. The van der Waals surface area contributed by atoms with Crippen LogP contribution in [0.3, 0.4) is 0 Å². The Kier molecular flexibility index (Phi) is 7.00. The second kappa shape index (κ2) is 9.88. The summed E-state index contributed by atoms with van der Waals surface area (Å²) in [6.45, 7) is 3.44. The van der Waals surface area contributed by atoms with E-state index in [1.54, 1.807) is 50.2 Å². The highest BCUT2D eigenvalue weighted by atomic mass is 19.1. The number of carbonyl (C=O) groups excluding carboxylic acids is 1. The molecule has 1 atom stereocenters. The molecule has 0 aliphatic carbocycles. The molecular weight excluding hydrogens is 415 g/mol. The molecular formula is C24H23FN2O5. The molecule has 0 saturated heterocycles. The first-order valence-electron chi connectivity index (χ1n) is 9.90. The number of nitrogens with zero attached hydrogens (tertiary/aromatic N) is 1. The predicted octanol–water partition coefficient (Wildman–Crippen LogP) is 4.06. The van der Waals surface area contributed by atoms with E-state index < -0.39 is 11.9 Å². The van der Waals surface area contributed by atoms with Crippen LogP contribution in [-0.2, 0) is 20.9 Å². The van der Waals surface area contributed by atoms with Crippen molar-refractivity contribution in [3.63, 3.8) is 0 Å². The van der Waals surface area contributed by atoms with E-state index in [1.165, 1.54) is 13.2 Å². The first-order chi connectivity index (χ1) is 15.4. The highest BCUT2D eigenvalue weighted by Crippen LogP contribution is 2.42. The van der Waals surface area contributed by atoms with E-state index in [-0.39, 0.29) is 41.8 Å². The molecule has 1 aliphatic rings. The Morgan fingerprint density at radius 3 is 2.66 bits per heavy atom. The Hall–Kier alpha value is -3.99. The summed E-state index contributed by atoms with van der Waals surface area (Å²) >= 11 is 0. The molecule has 0 radical (unpaired) electrons. The maximum Gasteiger partial charge on any atom is 0.338 e. The van der Waals surface area contributed by atoms with E-state index in [2.05, 4.69) is 0 Å². The lowest BCUT2D eigenvalue weighted by Gasteiger charge is -2.27. The molecule has 0 fully saturated rings. The largest absolute Gasteiger partial charge is 0.493 e. The number of nitriles is 1. The summed E-state index contributed by atoms with van der Waals surface area (Å²) in [6, 6.07) is 13.3. The van der Waals surface area contributed by atoms with Gasteiger partial charge in [0.15, 0.2) is 11.5 Å². The van der Waals surface area contributed by atoms with Gasteiger partial charge in [0.05, 0.1) is 25.2 Å². The minimum absolute atomic E-state index is 0.00301. The van der Waals surface area contributed by atoms with Crippen LogP contribution in [-0.4, -0.2) is 19.7 Å². The maximum absolute atomic E-state index is 13.9. The van der Waals surface area contributed by atoms with Crippen LogP contribution in [0, 0.1) is 17.1 Å². The number of carbonyl (C=O) groups is 1. The number of benzene rings is 2. The number of nitrogens with two attached hydrogens (primary N) is 1. The lowest BCUT2D eigenvalue weighted by Crippen LogP contribution is -2.25. The standard InChI is InChI=1S/C24H23FN2O5/c1-4-30-24(28)21-14(2)32-23(27)17(12-26)22(21)15-9-10-19(20(11-15)29-3)31-13-16-7-5-6-8-18(16)25/h5-11,22H,4,13,27H2,1-3H3. The summed E-state index contributed by atoms with van der Waals surface area (Å²) in [5.74, 6) is -0.881. The molecule has 8 heteroatoms. The molecule has 166 valence electrons. The van der Waals surface area contributed by atoms with Crippen LogP contribution in [0.25, 0.3) is 0 Å². The van der Waals surface area contributed by atoms with Crippen LogP contribution in [0.2, 0.25) is 0 Å². The number of allylic oxidation sites excluding steroid dienone is 2. The Labute approximate surface area is 185 Å². The fourth-order valence-electron chi connectivity index (χ4n) is 3.44. The van der Waals surface area contributed by atoms with E-state index in [0.29, 0.717) is 22.6 Å². The minimum atomic E-state index is -0.803. The van der Waals surface area contributed by atoms with Crippen LogP contribution in [0.5, 0.6) is 11.5 Å². The number of rotatable bonds is 7. The van der Waals surface area contributed by atoms with Gasteiger partial charge in [-0.2, -0.15) is 5.26 Å². The maximum atomic E-state index is 13.9.